The van der Waals surface area contributed by atoms with E-state index < -0.39 is 12.1 Å². The van der Waals surface area contributed by atoms with Crippen LogP contribution in [0.1, 0.15) is 64.0 Å². The van der Waals surface area contributed by atoms with Gasteiger partial charge in [-0.1, -0.05) is 104 Å². The largest absolute Gasteiger partial charge is 0.491 e. The molecule has 0 fully saturated rings. The first-order valence-electron chi connectivity index (χ1n) is 15.1. The first-order chi connectivity index (χ1) is 21.0. The topological polar surface area (TPSA) is 65.0 Å². The average molecular weight is 577 g/mol. The van der Waals surface area contributed by atoms with E-state index in [1.165, 1.54) is 40.5 Å². The fourth-order valence-corrected chi connectivity index (χ4v) is 5.61. The van der Waals surface area contributed by atoms with E-state index in [2.05, 4.69) is 85.8 Å². The lowest BCUT2D eigenvalue weighted by Crippen LogP contribution is -2.24. The number of fused-ring (bicyclic) bond motifs is 2. The molecular formula is C38H40O5. The van der Waals surface area contributed by atoms with E-state index in [0.717, 1.165) is 36.8 Å². The van der Waals surface area contributed by atoms with E-state index >= 15 is 0 Å². The zero-order valence-corrected chi connectivity index (χ0v) is 25.0. The number of carboxylic acids is 1. The van der Waals surface area contributed by atoms with Crippen LogP contribution in [-0.4, -0.2) is 37.5 Å². The predicted octanol–water partition coefficient (Wildman–Crippen LogP) is 7.74. The van der Waals surface area contributed by atoms with Crippen LogP contribution in [0.2, 0.25) is 0 Å². The van der Waals surface area contributed by atoms with Crippen LogP contribution < -0.4 is 4.74 Å². The van der Waals surface area contributed by atoms with Crippen molar-refractivity contribution in [1.29, 1.82) is 0 Å². The third-order valence-electron chi connectivity index (χ3n) is 7.93. The van der Waals surface area contributed by atoms with Crippen LogP contribution >= 0.6 is 0 Å². The highest BCUT2D eigenvalue weighted by atomic mass is 16.5. The minimum atomic E-state index is -0.971. The highest BCUT2D eigenvalue weighted by molar-refractivity contribution is 5.77. The third-order valence-corrected chi connectivity index (χ3v) is 7.93. The Balaban J connectivity index is 1.28. The van der Waals surface area contributed by atoms with Crippen molar-refractivity contribution >= 4 is 18.1 Å². The van der Waals surface area contributed by atoms with Crippen molar-refractivity contribution in [2.75, 3.05) is 20.3 Å². The Bertz CT molecular complexity index is 1520. The lowest BCUT2D eigenvalue weighted by molar-refractivity contribution is -0.148. The van der Waals surface area contributed by atoms with Gasteiger partial charge in [0.2, 0.25) is 0 Å². The maximum Gasteiger partial charge on any atom is 0.333 e. The Kier molecular flexibility index (Phi) is 10.4. The number of aryl methyl sites for hydroxylation is 3. The Morgan fingerprint density at radius 1 is 0.744 bits per heavy atom. The second kappa shape index (κ2) is 14.8. The molecule has 5 rings (SSSR count). The van der Waals surface area contributed by atoms with Gasteiger partial charge in [-0.05, 0) is 75.9 Å². The van der Waals surface area contributed by atoms with Gasteiger partial charge in [-0.3, -0.25) is 0 Å². The minimum absolute atomic E-state index is 0.202. The molecule has 5 nitrogen and oxygen atoms in total. The van der Waals surface area contributed by atoms with Crippen LogP contribution in [0.5, 0.6) is 5.75 Å². The van der Waals surface area contributed by atoms with Gasteiger partial charge in [-0.15, -0.1) is 0 Å². The smallest absolute Gasteiger partial charge is 0.333 e. The molecule has 4 aromatic rings. The second-order valence-corrected chi connectivity index (χ2v) is 11.0. The maximum atomic E-state index is 11.3. The molecule has 222 valence electrons. The lowest BCUT2D eigenvalue weighted by atomic mass is 9.93. The summed E-state index contributed by atoms with van der Waals surface area (Å²) in [6.45, 7) is 3.02. The molecule has 0 aromatic heterocycles. The molecule has 0 saturated heterocycles. The van der Waals surface area contributed by atoms with Crippen LogP contribution in [-0.2, 0) is 40.0 Å². The zero-order chi connectivity index (χ0) is 30.0. The number of hydrogen-bond donors (Lipinski definition) is 1. The summed E-state index contributed by atoms with van der Waals surface area (Å²) in [5.41, 5.74) is 9.60. The summed E-state index contributed by atoms with van der Waals surface area (Å²) in [5.74, 6) is -0.255. The van der Waals surface area contributed by atoms with Gasteiger partial charge >= 0.3 is 5.97 Å². The number of carbonyl (C=O) groups is 1. The molecule has 0 amide bonds. The summed E-state index contributed by atoms with van der Waals surface area (Å²) < 4.78 is 17.6. The molecule has 0 radical (unpaired) electrons. The first-order valence-corrected chi connectivity index (χ1v) is 15.1. The van der Waals surface area contributed by atoms with E-state index in [1.54, 1.807) is 0 Å². The molecule has 0 spiro atoms. The van der Waals surface area contributed by atoms with E-state index in [4.69, 9.17) is 14.2 Å². The molecule has 43 heavy (non-hydrogen) atoms. The van der Waals surface area contributed by atoms with Gasteiger partial charge in [0.1, 0.15) is 18.5 Å². The minimum Gasteiger partial charge on any atom is -0.491 e. The summed E-state index contributed by atoms with van der Waals surface area (Å²) in [6.07, 6.45) is 7.86. The Hall–Kier alpha value is -4.19. The Morgan fingerprint density at radius 3 is 1.95 bits per heavy atom. The predicted molar refractivity (Wildman–Crippen MR) is 172 cm³/mol. The van der Waals surface area contributed by atoms with Gasteiger partial charge in [-0.2, -0.15) is 0 Å². The average Bonchev–Trinajstić information content (AvgIpc) is 3.18. The molecule has 1 aliphatic rings. The van der Waals surface area contributed by atoms with Gasteiger partial charge in [0, 0.05) is 13.5 Å². The number of carboxylic acid groups (broad SMARTS) is 1. The molecule has 0 aliphatic heterocycles. The molecule has 5 heteroatoms. The lowest BCUT2D eigenvalue weighted by Gasteiger charge is -2.22. The summed E-state index contributed by atoms with van der Waals surface area (Å²) >= 11 is 0. The Labute approximate surface area is 254 Å². The van der Waals surface area contributed by atoms with Crippen molar-refractivity contribution < 1.29 is 24.1 Å². The summed E-state index contributed by atoms with van der Waals surface area (Å²) in [5, 5.41) is 9.23. The first kappa shape index (κ1) is 30.3. The highest BCUT2D eigenvalue weighted by Gasteiger charge is 2.23. The SMILES string of the molecule is CCCc1ccc2c(c1)C=Cc1cc(CCc3ccccc3)ccc1C2OCCOc1ccc(CC(OC)C(=O)O)cc1. The summed E-state index contributed by atoms with van der Waals surface area (Å²) in [4.78, 5) is 11.3. The van der Waals surface area contributed by atoms with Crippen molar-refractivity contribution in [3.8, 4) is 5.75 Å². The number of benzene rings is 4. The van der Waals surface area contributed by atoms with Gasteiger partial charge in [0.15, 0.2) is 6.10 Å². The van der Waals surface area contributed by atoms with Crippen LogP contribution in [0.25, 0.3) is 12.2 Å². The van der Waals surface area contributed by atoms with Gasteiger partial charge in [-0.25, -0.2) is 4.79 Å². The molecule has 0 bridgehead atoms. The van der Waals surface area contributed by atoms with E-state index in [0.29, 0.717) is 25.4 Å². The zero-order valence-electron chi connectivity index (χ0n) is 25.0. The van der Waals surface area contributed by atoms with Crippen molar-refractivity contribution in [2.24, 2.45) is 0 Å². The fourth-order valence-electron chi connectivity index (χ4n) is 5.61. The molecule has 0 saturated carbocycles. The highest BCUT2D eigenvalue weighted by Crippen LogP contribution is 2.36. The molecule has 2 atom stereocenters. The van der Waals surface area contributed by atoms with Crippen LogP contribution in [0, 0.1) is 0 Å². The van der Waals surface area contributed by atoms with Gasteiger partial charge in [0.25, 0.3) is 0 Å². The van der Waals surface area contributed by atoms with Crippen molar-refractivity contribution in [1.82, 2.24) is 0 Å². The van der Waals surface area contributed by atoms with E-state index in [-0.39, 0.29) is 6.10 Å². The normalized spacial score (nSPS) is 14.4. The standard InChI is InChI=1S/C38H40O5/c1-3-7-28-14-20-34-31(24-28)16-17-32-25-29(11-10-27-8-5-4-6-9-27)15-21-35(32)37(34)43-23-22-42-33-18-12-30(13-19-33)26-36(41-2)38(39)40/h4-6,8-9,12-21,24-25,36-37H,3,7,10-11,22-23,26H2,1-2H3,(H,39,40). The second-order valence-electron chi connectivity index (χ2n) is 11.0. The van der Waals surface area contributed by atoms with Crippen molar-refractivity contribution in [3.05, 3.63) is 136 Å². The fraction of sp³-hybridized carbons (Fsp3) is 0.289. The van der Waals surface area contributed by atoms with Gasteiger partial charge < -0.3 is 19.3 Å². The van der Waals surface area contributed by atoms with Crippen LogP contribution in [0.4, 0.5) is 0 Å². The number of hydrogen-bond acceptors (Lipinski definition) is 4. The van der Waals surface area contributed by atoms with Crippen molar-refractivity contribution in [2.45, 2.75) is 51.2 Å². The molecule has 1 aliphatic carbocycles. The quantitative estimate of drug-likeness (QED) is 0.156. The van der Waals surface area contributed by atoms with Crippen molar-refractivity contribution in [3.63, 3.8) is 0 Å². The number of methoxy groups -OCH3 is 1. The van der Waals surface area contributed by atoms with Crippen LogP contribution in [0.15, 0.2) is 91.0 Å². The number of aliphatic carboxylic acids is 1. The maximum absolute atomic E-state index is 11.3. The number of ether oxygens (including phenoxy) is 3. The Morgan fingerprint density at radius 2 is 1.35 bits per heavy atom. The van der Waals surface area contributed by atoms with Crippen LogP contribution in [0.3, 0.4) is 0 Å². The third kappa shape index (κ3) is 8.01. The molecule has 0 heterocycles. The van der Waals surface area contributed by atoms with E-state index in [9.17, 15) is 9.90 Å². The summed E-state index contributed by atoms with van der Waals surface area (Å²) in [6, 6.07) is 31.6. The number of rotatable bonds is 14. The van der Waals surface area contributed by atoms with Gasteiger partial charge in [0.05, 0.1) is 6.61 Å². The molecule has 2 unspecified atom stereocenters. The molecule has 1 N–H and O–H groups in total. The van der Waals surface area contributed by atoms with E-state index in [1.807, 2.05) is 24.3 Å². The molecule has 4 aromatic carbocycles. The molecular weight excluding hydrogens is 536 g/mol. The summed E-state index contributed by atoms with van der Waals surface area (Å²) in [7, 11) is 1.41. The monoisotopic (exact) mass is 576 g/mol.